The van der Waals surface area contributed by atoms with Crippen LogP contribution in [0.2, 0.25) is 0 Å². The van der Waals surface area contributed by atoms with E-state index in [2.05, 4.69) is 17.1 Å². The summed E-state index contributed by atoms with van der Waals surface area (Å²) in [7, 11) is -3.74. The molecule has 0 unspecified atom stereocenters. The second-order valence-electron chi connectivity index (χ2n) is 7.56. The molecule has 2 aliphatic heterocycles. The third-order valence-corrected chi connectivity index (χ3v) is 7.80. The van der Waals surface area contributed by atoms with Gasteiger partial charge in [0.1, 0.15) is 6.07 Å². The van der Waals surface area contributed by atoms with Gasteiger partial charge in [0.15, 0.2) is 0 Å². The van der Waals surface area contributed by atoms with Crippen molar-refractivity contribution in [1.82, 2.24) is 19.4 Å². The summed E-state index contributed by atoms with van der Waals surface area (Å²) in [6.07, 6.45) is 2.19. The smallest absolute Gasteiger partial charge is 0.317 e. The maximum atomic E-state index is 12.9. The fraction of sp³-hybridized carbons (Fsp3) is 0.600. The normalized spacial score (nSPS) is 19.7. The lowest BCUT2D eigenvalue weighted by Crippen LogP contribution is -2.53. The molecule has 2 saturated heterocycles. The quantitative estimate of drug-likeness (QED) is 0.776. The van der Waals surface area contributed by atoms with Gasteiger partial charge in [-0.25, -0.2) is 13.2 Å². The fourth-order valence-corrected chi connectivity index (χ4v) is 5.47. The predicted molar refractivity (Wildman–Crippen MR) is 110 cm³/mol. The Hall–Kier alpha value is -2.15. The first-order chi connectivity index (χ1) is 14.0. The van der Waals surface area contributed by atoms with Gasteiger partial charge < -0.3 is 15.1 Å². The molecule has 0 aromatic heterocycles. The van der Waals surface area contributed by atoms with E-state index in [0.717, 1.165) is 32.5 Å². The van der Waals surface area contributed by atoms with Crippen molar-refractivity contribution in [2.45, 2.75) is 24.7 Å². The maximum Gasteiger partial charge on any atom is 0.317 e. The number of piperazine rings is 1. The number of amides is 2. The first-order valence-electron chi connectivity index (χ1n) is 10.2. The Morgan fingerprint density at radius 3 is 2.41 bits per heavy atom. The van der Waals surface area contributed by atoms with Gasteiger partial charge >= 0.3 is 6.03 Å². The molecule has 1 N–H and O–H groups in total. The number of carbonyl (C=O) groups excluding carboxylic acids is 1. The summed E-state index contributed by atoms with van der Waals surface area (Å²) in [6, 6.07) is 8.03. The molecular weight excluding hydrogens is 390 g/mol. The number of rotatable bonds is 5. The molecule has 2 amide bonds. The van der Waals surface area contributed by atoms with Gasteiger partial charge in [-0.15, -0.1) is 0 Å². The Balaban J connectivity index is 1.50. The number of hydrogen-bond acceptors (Lipinski definition) is 5. The average molecular weight is 420 g/mol. The summed E-state index contributed by atoms with van der Waals surface area (Å²) in [6.45, 7) is 7.21. The molecule has 0 atom stereocenters. The Labute approximate surface area is 173 Å². The zero-order chi connectivity index (χ0) is 20.9. The number of nitrogens with zero attached hydrogens (tertiary/aromatic N) is 4. The topological polar surface area (TPSA) is 96.8 Å². The Bertz CT molecular complexity index is 851. The lowest BCUT2D eigenvalue weighted by molar-refractivity contribution is 0.162. The van der Waals surface area contributed by atoms with E-state index in [1.54, 1.807) is 17.0 Å². The monoisotopic (exact) mass is 419 g/mol. The number of piperidine rings is 1. The van der Waals surface area contributed by atoms with Gasteiger partial charge in [0.05, 0.1) is 10.5 Å². The van der Waals surface area contributed by atoms with Crippen molar-refractivity contribution in [1.29, 1.82) is 5.26 Å². The van der Waals surface area contributed by atoms with Crippen LogP contribution in [0.4, 0.5) is 4.79 Å². The third-order valence-electron chi connectivity index (χ3n) is 5.85. The largest absolute Gasteiger partial charge is 0.338 e. The van der Waals surface area contributed by atoms with Crippen LogP contribution in [0.3, 0.4) is 0 Å². The van der Waals surface area contributed by atoms with Crippen molar-refractivity contribution in [3.63, 3.8) is 0 Å². The van der Waals surface area contributed by atoms with Gasteiger partial charge in [-0.3, -0.25) is 0 Å². The summed E-state index contributed by atoms with van der Waals surface area (Å²) in [5.74, 6) is 0.505. The van der Waals surface area contributed by atoms with Gasteiger partial charge in [-0.1, -0.05) is 19.1 Å². The molecule has 29 heavy (non-hydrogen) atoms. The molecule has 9 heteroatoms. The SMILES string of the molecule is CCN1CCC(CNC(=O)N2CCN(S(=O)(=O)c3ccccc3C#N)CC2)CC1. The molecule has 0 bridgehead atoms. The van der Waals surface area contributed by atoms with Gasteiger partial charge in [0.25, 0.3) is 0 Å². The van der Waals surface area contributed by atoms with Crippen LogP contribution in [0, 0.1) is 17.2 Å². The first-order valence-corrected chi connectivity index (χ1v) is 11.6. The van der Waals surface area contributed by atoms with Crippen molar-refractivity contribution < 1.29 is 13.2 Å². The van der Waals surface area contributed by atoms with E-state index < -0.39 is 10.0 Å². The molecule has 3 rings (SSSR count). The highest BCUT2D eigenvalue weighted by Crippen LogP contribution is 2.21. The number of nitrogens with one attached hydrogen (secondary N) is 1. The van der Waals surface area contributed by atoms with Crippen molar-refractivity contribution in [2.75, 3.05) is 52.4 Å². The summed E-state index contributed by atoms with van der Waals surface area (Å²) in [4.78, 5) is 16.6. The molecule has 1 aromatic rings. The lowest BCUT2D eigenvalue weighted by Gasteiger charge is -2.35. The molecule has 2 fully saturated rings. The molecule has 0 aliphatic carbocycles. The van der Waals surface area contributed by atoms with Crippen LogP contribution in [0.1, 0.15) is 25.3 Å². The van der Waals surface area contributed by atoms with Gasteiger partial charge in [0.2, 0.25) is 10.0 Å². The second kappa shape index (κ2) is 9.57. The van der Waals surface area contributed by atoms with E-state index in [4.69, 9.17) is 0 Å². The summed E-state index contributed by atoms with van der Waals surface area (Å²) >= 11 is 0. The van der Waals surface area contributed by atoms with Crippen molar-refractivity contribution >= 4 is 16.1 Å². The number of benzene rings is 1. The lowest BCUT2D eigenvalue weighted by atomic mass is 9.97. The number of carbonyl (C=O) groups is 1. The Morgan fingerprint density at radius 1 is 1.14 bits per heavy atom. The van der Waals surface area contributed by atoms with E-state index >= 15 is 0 Å². The van der Waals surface area contributed by atoms with Crippen LogP contribution in [0.25, 0.3) is 0 Å². The first kappa shape index (κ1) is 21.6. The minimum Gasteiger partial charge on any atom is -0.338 e. The maximum absolute atomic E-state index is 12.9. The highest BCUT2D eigenvalue weighted by atomic mass is 32.2. The summed E-state index contributed by atoms with van der Waals surface area (Å²) in [5, 5.41) is 12.2. The highest BCUT2D eigenvalue weighted by Gasteiger charge is 2.31. The van der Waals surface area contributed by atoms with Gasteiger partial charge in [-0.2, -0.15) is 9.57 Å². The van der Waals surface area contributed by atoms with E-state index in [1.165, 1.54) is 16.4 Å². The van der Waals surface area contributed by atoms with Gasteiger partial charge in [0, 0.05) is 32.7 Å². The van der Waals surface area contributed by atoms with Crippen molar-refractivity contribution in [2.24, 2.45) is 5.92 Å². The third kappa shape index (κ3) is 5.07. The Kier molecular flexibility index (Phi) is 7.11. The molecular formula is C20H29N5O3S. The molecule has 1 aromatic carbocycles. The minimum absolute atomic E-state index is 0.0267. The molecule has 0 saturated carbocycles. The number of likely N-dealkylation sites (tertiary alicyclic amines) is 1. The van der Waals surface area contributed by atoms with E-state index in [1.807, 2.05) is 6.07 Å². The van der Waals surface area contributed by atoms with Crippen molar-refractivity contribution in [3.8, 4) is 6.07 Å². The number of sulfonamides is 1. The average Bonchev–Trinajstić information content (AvgIpc) is 2.77. The van der Waals surface area contributed by atoms with Gasteiger partial charge in [-0.05, 0) is 50.5 Å². The molecule has 158 valence electrons. The Morgan fingerprint density at radius 2 is 1.79 bits per heavy atom. The number of urea groups is 1. The molecule has 0 spiro atoms. The second-order valence-corrected chi connectivity index (χ2v) is 9.47. The number of hydrogen-bond donors (Lipinski definition) is 1. The zero-order valence-corrected chi connectivity index (χ0v) is 17.7. The van der Waals surface area contributed by atoms with Crippen LogP contribution in [-0.2, 0) is 10.0 Å². The van der Waals surface area contributed by atoms with Crippen LogP contribution >= 0.6 is 0 Å². The van der Waals surface area contributed by atoms with E-state index in [0.29, 0.717) is 25.6 Å². The van der Waals surface area contributed by atoms with Crippen LogP contribution in [0.15, 0.2) is 29.2 Å². The minimum atomic E-state index is -3.74. The molecule has 2 aliphatic rings. The van der Waals surface area contributed by atoms with E-state index in [-0.39, 0.29) is 29.6 Å². The molecule has 8 nitrogen and oxygen atoms in total. The number of nitriles is 1. The van der Waals surface area contributed by atoms with Crippen molar-refractivity contribution in [3.05, 3.63) is 29.8 Å². The highest BCUT2D eigenvalue weighted by molar-refractivity contribution is 7.89. The standard InChI is InChI=1S/C20H29N5O3S/c1-2-23-9-7-17(8-10-23)16-22-20(26)24-11-13-25(14-12-24)29(27,28)19-6-4-3-5-18(19)15-21/h3-6,17H,2,7-14,16H2,1H3,(H,22,26). The zero-order valence-electron chi connectivity index (χ0n) is 16.9. The van der Waals surface area contributed by atoms with Crippen LogP contribution in [-0.4, -0.2) is 80.9 Å². The predicted octanol–water partition coefficient (Wildman–Crippen LogP) is 1.31. The van der Waals surface area contributed by atoms with Crippen LogP contribution in [0.5, 0.6) is 0 Å². The van der Waals surface area contributed by atoms with Crippen LogP contribution < -0.4 is 5.32 Å². The molecule has 2 heterocycles. The molecule has 0 radical (unpaired) electrons. The fourth-order valence-electron chi connectivity index (χ4n) is 3.90. The summed E-state index contributed by atoms with van der Waals surface area (Å²) < 4.78 is 27.1. The summed E-state index contributed by atoms with van der Waals surface area (Å²) in [5.41, 5.74) is 0.141. The van der Waals surface area contributed by atoms with E-state index in [9.17, 15) is 18.5 Å².